The predicted octanol–water partition coefficient (Wildman–Crippen LogP) is 3.27. The van der Waals surface area contributed by atoms with Crippen LogP contribution in [0.2, 0.25) is 0 Å². The predicted molar refractivity (Wildman–Crippen MR) is 111 cm³/mol. The Bertz CT molecular complexity index is 1100. The van der Waals surface area contributed by atoms with Crippen molar-refractivity contribution in [3.63, 3.8) is 0 Å². The number of carbonyl (C=O) groups excluding carboxylic acids is 1. The minimum absolute atomic E-state index is 0.223. The average molecular weight is 397 g/mol. The number of rotatable bonds is 7. The lowest BCUT2D eigenvalue weighted by molar-refractivity contribution is -0.127. The normalized spacial score (nSPS) is 12.2. The number of aromatic nitrogens is 2. The lowest BCUT2D eigenvalue weighted by atomic mass is 10.0. The molecule has 2 heterocycles. The van der Waals surface area contributed by atoms with Crippen molar-refractivity contribution in [3.05, 3.63) is 57.2 Å². The van der Waals surface area contributed by atoms with Crippen LogP contribution in [0.25, 0.3) is 11.0 Å². The lowest BCUT2D eigenvalue weighted by Gasteiger charge is -2.17. The number of fused-ring (bicyclic) bond motifs is 1. The summed E-state index contributed by atoms with van der Waals surface area (Å²) in [4.78, 5) is 24.4. The van der Waals surface area contributed by atoms with Gasteiger partial charge in [0.1, 0.15) is 11.3 Å². The number of carbonyl (C=O) groups is 1. The number of hydrogen-bond donors (Lipinski definition) is 1. The van der Waals surface area contributed by atoms with Crippen LogP contribution in [0.1, 0.15) is 43.2 Å². The number of ether oxygens (including phenoxy) is 1. The molecule has 0 saturated heterocycles. The van der Waals surface area contributed by atoms with Crippen molar-refractivity contribution in [2.24, 2.45) is 0 Å². The number of nitrogens with zero attached hydrogens (tertiary/aromatic N) is 2. The molecule has 2 aromatic heterocycles. The molecule has 1 N–H and O–H groups in total. The van der Waals surface area contributed by atoms with Gasteiger partial charge >= 0.3 is 5.63 Å². The molecule has 1 unspecified atom stereocenters. The first kappa shape index (κ1) is 20.6. The zero-order valence-corrected chi connectivity index (χ0v) is 17.5. The third-order valence-electron chi connectivity index (χ3n) is 4.91. The summed E-state index contributed by atoms with van der Waals surface area (Å²) in [6, 6.07) is 5.14. The molecule has 0 aliphatic heterocycles. The van der Waals surface area contributed by atoms with Crippen LogP contribution >= 0.6 is 0 Å². The number of hydrogen-bond acceptors (Lipinski definition) is 5. The largest absolute Gasteiger partial charge is 0.480 e. The molecule has 1 atom stereocenters. The molecule has 0 fully saturated rings. The van der Waals surface area contributed by atoms with Crippen LogP contribution in [0.15, 0.2) is 33.6 Å². The van der Waals surface area contributed by atoms with Crippen LogP contribution in [0.5, 0.6) is 5.75 Å². The monoisotopic (exact) mass is 397 g/mol. The van der Waals surface area contributed by atoms with Crippen LogP contribution in [-0.4, -0.2) is 21.8 Å². The fraction of sp³-hybridized carbons (Fsp3) is 0.409. The van der Waals surface area contributed by atoms with E-state index in [1.165, 1.54) is 6.07 Å². The van der Waals surface area contributed by atoms with Crippen LogP contribution in [-0.2, 0) is 24.3 Å². The maximum Gasteiger partial charge on any atom is 0.336 e. The molecular weight excluding hydrogens is 370 g/mol. The van der Waals surface area contributed by atoms with E-state index < -0.39 is 6.10 Å². The van der Waals surface area contributed by atoms with Gasteiger partial charge in [-0.3, -0.25) is 9.48 Å². The van der Waals surface area contributed by atoms with Gasteiger partial charge in [-0.05, 0) is 57.4 Å². The first-order valence-electron chi connectivity index (χ1n) is 9.87. The number of benzene rings is 1. The molecule has 7 heteroatoms. The number of amides is 1. The van der Waals surface area contributed by atoms with E-state index in [2.05, 4.69) is 10.4 Å². The Kier molecular flexibility index (Phi) is 6.06. The molecule has 0 saturated carbocycles. The highest BCUT2D eigenvalue weighted by atomic mass is 16.5. The van der Waals surface area contributed by atoms with Gasteiger partial charge in [-0.15, -0.1) is 0 Å². The quantitative estimate of drug-likeness (QED) is 0.619. The van der Waals surface area contributed by atoms with E-state index in [4.69, 9.17) is 9.15 Å². The fourth-order valence-electron chi connectivity index (χ4n) is 3.31. The molecule has 0 aliphatic rings. The molecule has 29 heavy (non-hydrogen) atoms. The van der Waals surface area contributed by atoms with Gasteiger partial charge in [0.2, 0.25) is 0 Å². The summed E-state index contributed by atoms with van der Waals surface area (Å²) in [5, 5.41) is 8.03. The highest BCUT2D eigenvalue weighted by Crippen LogP contribution is 2.31. The van der Waals surface area contributed by atoms with Gasteiger partial charge in [0.15, 0.2) is 6.10 Å². The summed E-state index contributed by atoms with van der Waals surface area (Å²) in [7, 11) is 0. The Balaban J connectivity index is 1.79. The second-order valence-electron chi connectivity index (χ2n) is 7.15. The summed E-state index contributed by atoms with van der Waals surface area (Å²) in [6.45, 7) is 10.7. The third kappa shape index (κ3) is 4.50. The Hall–Kier alpha value is -3.09. The third-order valence-corrected chi connectivity index (χ3v) is 4.91. The van der Waals surface area contributed by atoms with Crippen molar-refractivity contribution in [1.29, 1.82) is 0 Å². The van der Waals surface area contributed by atoms with E-state index in [9.17, 15) is 9.59 Å². The maximum absolute atomic E-state index is 12.6. The Labute approximate surface area is 169 Å². The van der Waals surface area contributed by atoms with E-state index in [1.807, 2.05) is 50.7 Å². The Morgan fingerprint density at radius 2 is 2.00 bits per heavy atom. The van der Waals surface area contributed by atoms with Gasteiger partial charge in [-0.2, -0.15) is 5.10 Å². The van der Waals surface area contributed by atoms with Crippen molar-refractivity contribution >= 4 is 16.9 Å². The van der Waals surface area contributed by atoms with E-state index in [0.29, 0.717) is 24.3 Å². The molecule has 0 spiro atoms. The summed E-state index contributed by atoms with van der Waals surface area (Å²) in [5.41, 5.74) is 3.68. The van der Waals surface area contributed by atoms with Gasteiger partial charge in [-0.1, -0.05) is 6.92 Å². The number of aryl methyl sites for hydroxylation is 4. The minimum Gasteiger partial charge on any atom is -0.480 e. The lowest BCUT2D eigenvalue weighted by Crippen LogP contribution is -2.36. The second-order valence-corrected chi connectivity index (χ2v) is 7.15. The fourth-order valence-corrected chi connectivity index (χ4v) is 3.31. The summed E-state index contributed by atoms with van der Waals surface area (Å²) < 4.78 is 13.2. The summed E-state index contributed by atoms with van der Waals surface area (Å²) >= 11 is 0. The maximum atomic E-state index is 12.6. The molecule has 3 aromatic rings. The van der Waals surface area contributed by atoms with Crippen molar-refractivity contribution in [1.82, 2.24) is 15.1 Å². The summed E-state index contributed by atoms with van der Waals surface area (Å²) in [6.07, 6.45) is 1.88. The topological polar surface area (TPSA) is 86.4 Å². The van der Waals surface area contributed by atoms with Crippen molar-refractivity contribution in [3.8, 4) is 5.75 Å². The van der Waals surface area contributed by atoms with Crippen LogP contribution in [0.3, 0.4) is 0 Å². The van der Waals surface area contributed by atoms with Gasteiger partial charge < -0.3 is 14.5 Å². The van der Waals surface area contributed by atoms with Crippen LogP contribution in [0, 0.1) is 13.8 Å². The van der Waals surface area contributed by atoms with Crippen molar-refractivity contribution in [2.75, 3.05) is 0 Å². The Morgan fingerprint density at radius 3 is 2.66 bits per heavy atom. The molecule has 0 aliphatic carbocycles. The minimum atomic E-state index is -0.710. The molecular formula is C22H27N3O4. The van der Waals surface area contributed by atoms with Gasteiger partial charge in [0.25, 0.3) is 5.91 Å². The molecule has 7 nitrogen and oxygen atoms in total. The van der Waals surface area contributed by atoms with E-state index in [0.717, 1.165) is 34.3 Å². The molecule has 0 bridgehead atoms. The SMILES string of the molecule is CCc1cc(=O)oc2cc(C)cc(OC(C)C(=O)NCc3cn(CC)nc3C)c12. The number of nitrogens with one attached hydrogen (secondary N) is 1. The van der Waals surface area contributed by atoms with E-state index in [-0.39, 0.29) is 11.5 Å². The first-order chi connectivity index (χ1) is 13.8. The smallest absolute Gasteiger partial charge is 0.336 e. The van der Waals surface area contributed by atoms with E-state index >= 15 is 0 Å². The average Bonchev–Trinajstić information content (AvgIpc) is 3.04. The van der Waals surface area contributed by atoms with Gasteiger partial charge in [-0.25, -0.2) is 4.79 Å². The van der Waals surface area contributed by atoms with Crippen LogP contribution < -0.4 is 15.7 Å². The summed E-state index contributed by atoms with van der Waals surface area (Å²) in [5.74, 6) is 0.317. The van der Waals surface area contributed by atoms with Gasteiger partial charge in [0.05, 0.1) is 11.1 Å². The Morgan fingerprint density at radius 1 is 1.24 bits per heavy atom. The van der Waals surface area contributed by atoms with Crippen molar-refractivity contribution < 1.29 is 13.9 Å². The highest BCUT2D eigenvalue weighted by Gasteiger charge is 2.19. The zero-order chi connectivity index (χ0) is 21.1. The van der Waals surface area contributed by atoms with Crippen molar-refractivity contribution in [2.45, 2.75) is 60.2 Å². The first-order valence-corrected chi connectivity index (χ1v) is 9.87. The zero-order valence-electron chi connectivity index (χ0n) is 17.5. The van der Waals surface area contributed by atoms with Crippen LogP contribution in [0.4, 0.5) is 0 Å². The standard InChI is InChI=1S/C22H27N3O4/c1-6-16-10-20(26)29-19-9-13(3)8-18(21(16)19)28-15(5)22(27)23-11-17-12-25(7-2)24-14(17)4/h8-10,12,15H,6-7,11H2,1-5H3,(H,23,27). The second kappa shape index (κ2) is 8.51. The van der Waals surface area contributed by atoms with E-state index in [1.54, 1.807) is 6.92 Å². The molecule has 3 rings (SSSR count). The molecule has 0 radical (unpaired) electrons. The highest BCUT2D eigenvalue weighted by molar-refractivity contribution is 5.88. The van der Waals surface area contributed by atoms with Gasteiger partial charge in [0, 0.05) is 30.9 Å². The molecule has 154 valence electrons. The molecule has 1 aromatic carbocycles. The molecule has 1 amide bonds.